The molecule has 2 nitrogen and oxygen atoms in total. The van der Waals surface area contributed by atoms with Crippen LogP contribution in [0.15, 0.2) is 24.4 Å². The van der Waals surface area contributed by atoms with Crippen molar-refractivity contribution in [1.29, 1.82) is 0 Å². The monoisotopic (exact) mass is 222 g/mol. The lowest BCUT2D eigenvalue weighted by molar-refractivity contribution is 0.495. The number of alkyl halides is 1. The standard InChI is InChI=1S/C12H15ClN2/c1-9(2)8-15-12-5-3-4-10(6-13)11(12)7-14-15/h3-5,7,9H,6,8H2,1-2H3. The molecule has 0 spiro atoms. The first-order valence-corrected chi connectivity index (χ1v) is 5.75. The van der Waals surface area contributed by atoms with Crippen LogP contribution in [0.3, 0.4) is 0 Å². The average molecular weight is 223 g/mol. The summed E-state index contributed by atoms with van der Waals surface area (Å²) in [6.45, 7) is 5.34. The molecule has 0 aliphatic carbocycles. The highest BCUT2D eigenvalue weighted by molar-refractivity contribution is 6.18. The van der Waals surface area contributed by atoms with Crippen molar-refractivity contribution in [3.63, 3.8) is 0 Å². The Kier molecular flexibility index (Phi) is 2.96. The maximum absolute atomic E-state index is 5.88. The summed E-state index contributed by atoms with van der Waals surface area (Å²) in [7, 11) is 0. The molecule has 0 saturated carbocycles. The molecule has 1 aromatic carbocycles. The third kappa shape index (κ3) is 2.00. The molecular weight excluding hydrogens is 208 g/mol. The molecule has 0 bridgehead atoms. The number of rotatable bonds is 3. The Bertz CT molecular complexity index is 460. The van der Waals surface area contributed by atoms with Crippen LogP contribution >= 0.6 is 11.6 Å². The molecule has 2 rings (SSSR count). The van der Waals surface area contributed by atoms with Crippen LogP contribution in [0, 0.1) is 5.92 Å². The molecular formula is C12H15ClN2. The predicted molar refractivity (Wildman–Crippen MR) is 64.1 cm³/mol. The van der Waals surface area contributed by atoms with Gasteiger partial charge in [-0.3, -0.25) is 4.68 Å². The van der Waals surface area contributed by atoms with Gasteiger partial charge >= 0.3 is 0 Å². The first kappa shape index (κ1) is 10.5. The minimum Gasteiger partial charge on any atom is -0.265 e. The number of nitrogens with zero attached hydrogens (tertiary/aromatic N) is 2. The summed E-state index contributed by atoms with van der Waals surface area (Å²) >= 11 is 5.88. The van der Waals surface area contributed by atoms with Gasteiger partial charge in [-0.25, -0.2) is 0 Å². The van der Waals surface area contributed by atoms with Gasteiger partial charge in [-0.15, -0.1) is 11.6 Å². The van der Waals surface area contributed by atoms with E-state index >= 15 is 0 Å². The van der Waals surface area contributed by atoms with Crippen molar-refractivity contribution in [3.8, 4) is 0 Å². The lowest BCUT2D eigenvalue weighted by atomic mass is 10.1. The fourth-order valence-electron chi connectivity index (χ4n) is 1.77. The van der Waals surface area contributed by atoms with Crippen LogP contribution in [0.4, 0.5) is 0 Å². The second-order valence-electron chi connectivity index (χ2n) is 4.20. The van der Waals surface area contributed by atoms with E-state index in [0.717, 1.165) is 12.1 Å². The molecule has 80 valence electrons. The van der Waals surface area contributed by atoms with Crippen LogP contribution in [0.5, 0.6) is 0 Å². The Labute approximate surface area is 94.8 Å². The minimum absolute atomic E-state index is 0.546. The second-order valence-corrected chi connectivity index (χ2v) is 4.47. The topological polar surface area (TPSA) is 17.8 Å². The van der Waals surface area contributed by atoms with E-state index in [2.05, 4.69) is 35.8 Å². The van der Waals surface area contributed by atoms with Gasteiger partial charge in [0.15, 0.2) is 0 Å². The average Bonchev–Trinajstić information content (AvgIpc) is 2.61. The van der Waals surface area contributed by atoms with Crippen LogP contribution in [-0.4, -0.2) is 9.78 Å². The zero-order chi connectivity index (χ0) is 10.8. The Morgan fingerprint density at radius 1 is 1.40 bits per heavy atom. The number of hydrogen-bond donors (Lipinski definition) is 0. The van der Waals surface area contributed by atoms with Crippen molar-refractivity contribution in [2.75, 3.05) is 0 Å². The molecule has 0 fully saturated rings. The van der Waals surface area contributed by atoms with Gasteiger partial charge in [-0.05, 0) is 17.5 Å². The SMILES string of the molecule is CC(C)Cn1ncc2c(CCl)cccc21. The van der Waals surface area contributed by atoms with Crippen molar-refractivity contribution >= 4 is 22.5 Å². The van der Waals surface area contributed by atoms with E-state index in [-0.39, 0.29) is 0 Å². The largest absolute Gasteiger partial charge is 0.265 e. The van der Waals surface area contributed by atoms with Gasteiger partial charge in [0.2, 0.25) is 0 Å². The maximum atomic E-state index is 5.88. The summed E-state index contributed by atoms with van der Waals surface area (Å²) < 4.78 is 2.05. The zero-order valence-corrected chi connectivity index (χ0v) is 9.83. The zero-order valence-electron chi connectivity index (χ0n) is 9.07. The maximum Gasteiger partial charge on any atom is 0.0685 e. The summed E-state index contributed by atoms with van der Waals surface area (Å²) in [6, 6.07) is 6.19. The number of hydrogen-bond acceptors (Lipinski definition) is 1. The van der Waals surface area contributed by atoms with E-state index in [1.54, 1.807) is 0 Å². The molecule has 0 aliphatic rings. The molecule has 15 heavy (non-hydrogen) atoms. The third-order valence-electron chi connectivity index (χ3n) is 2.46. The molecule has 1 heterocycles. The Morgan fingerprint density at radius 2 is 2.20 bits per heavy atom. The quantitative estimate of drug-likeness (QED) is 0.728. The molecule has 0 saturated heterocycles. The van der Waals surface area contributed by atoms with Crippen molar-refractivity contribution in [2.45, 2.75) is 26.3 Å². The van der Waals surface area contributed by atoms with E-state index in [9.17, 15) is 0 Å². The molecule has 2 aromatic rings. The number of benzene rings is 1. The highest BCUT2D eigenvalue weighted by Gasteiger charge is 2.06. The van der Waals surface area contributed by atoms with Crippen molar-refractivity contribution in [3.05, 3.63) is 30.0 Å². The van der Waals surface area contributed by atoms with Crippen LogP contribution < -0.4 is 0 Å². The summed E-state index contributed by atoms with van der Waals surface area (Å²) in [6.07, 6.45) is 1.91. The van der Waals surface area contributed by atoms with E-state index in [1.807, 2.05) is 12.3 Å². The van der Waals surface area contributed by atoms with Crippen molar-refractivity contribution in [1.82, 2.24) is 9.78 Å². The fraction of sp³-hybridized carbons (Fsp3) is 0.417. The normalized spacial score (nSPS) is 11.5. The fourth-order valence-corrected chi connectivity index (χ4v) is 2.00. The molecule has 0 unspecified atom stereocenters. The molecule has 1 aromatic heterocycles. The minimum atomic E-state index is 0.546. The summed E-state index contributed by atoms with van der Waals surface area (Å²) in [5.41, 5.74) is 2.34. The van der Waals surface area contributed by atoms with Crippen molar-refractivity contribution < 1.29 is 0 Å². The van der Waals surface area contributed by atoms with Gasteiger partial charge in [0, 0.05) is 17.8 Å². The van der Waals surface area contributed by atoms with Crippen molar-refractivity contribution in [2.24, 2.45) is 5.92 Å². The number of fused-ring (bicyclic) bond motifs is 1. The number of halogens is 1. The van der Waals surface area contributed by atoms with Gasteiger partial charge in [0.1, 0.15) is 0 Å². The number of aromatic nitrogens is 2. The smallest absolute Gasteiger partial charge is 0.0685 e. The predicted octanol–water partition coefficient (Wildman–Crippen LogP) is 3.43. The molecule has 0 aliphatic heterocycles. The van der Waals surface area contributed by atoms with Crippen LogP contribution in [0.1, 0.15) is 19.4 Å². The van der Waals surface area contributed by atoms with E-state index in [4.69, 9.17) is 11.6 Å². The van der Waals surface area contributed by atoms with Gasteiger partial charge in [0.25, 0.3) is 0 Å². The molecule has 0 radical (unpaired) electrons. The summed E-state index contributed by atoms with van der Waals surface area (Å²) in [5.74, 6) is 1.15. The van der Waals surface area contributed by atoms with E-state index in [1.165, 1.54) is 10.9 Å². The Morgan fingerprint density at radius 3 is 2.87 bits per heavy atom. The van der Waals surface area contributed by atoms with Crippen LogP contribution in [0.2, 0.25) is 0 Å². The summed E-state index contributed by atoms with van der Waals surface area (Å²) in [4.78, 5) is 0. The third-order valence-corrected chi connectivity index (χ3v) is 2.75. The lowest BCUT2D eigenvalue weighted by Crippen LogP contribution is -2.05. The molecule has 0 amide bonds. The van der Waals surface area contributed by atoms with E-state index in [0.29, 0.717) is 11.8 Å². The first-order chi connectivity index (χ1) is 7.22. The lowest BCUT2D eigenvalue weighted by Gasteiger charge is -2.06. The molecule has 0 atom stereocenters. The molecule has 3 heteroatoms. The van der Waals surface area contributed by atoms with Gasteiger partial charge < -0.3 is 0 Å². The Hall–Kier alpha value is -1.02. The highest BCUT2D eigenvalue weighted by Crippen LogP contribution is 2.20. The van der Waals surface area contributed by atoms with Gasteiger partial charge in [-0.1, -0.05) is 26.0 Å². The molecule has 0 N–H and O–H groups in total. The van der Waals surface area contributed by atoms with Crippen LogP contribution in [-0.2, 0) is 12.4 Å². The second kappa shape index (κ2) is 4.23. The van der Waals surface area contributed by atoms with Gasteiger partial charge in [0.05, 0.1) is 11.7 Å². The first-order valence-electron chi connectivity index (χ1n) is 5.21. The summed E-state index contributed by atoms with van der Waals surface area (Å²) in [5, 5.41) is 5.58. The Balaban J connectivity index is 2.51. The van der Waals surface area contributed by atoms with Crippen LogP contribution in [0.25, 0.3) is 10.9 Å². The van der Waals surface area contributed by atoms with E-state index < -0.39 is 0 Å². The van der Waals surface area contributed by atoms with Gasteiger partial charge in [-0.2, -0.15) is 5.10 Å². The highest BCUT2D eigenvalue weighted by atomic mass is 35.5.